The molecule has 1 aromatic rings. The fraction of sp³-hybridized carbons (Fsp3) is 0.100. The van der Waals surface area contributed by atoms with E-state index in [0.29, 0.717) is 10.0 Å². The number of carbonyl (C=O) groups is 1. The van der Waals surface area contributed by atoms with Gasteiger partial charge in [0.25, 0.3) is 0 Å². The highest BCUT2D eigenvalue weighted by atomic mass is 79.9. The van der Waals surface area contributed by atoms with Crippen LogP contribution < -0.4 is 0 Å². The molecule has 0 aliphatic heterocycles. The normalized spacial score (nSPS) is 10.7. The van der Waals surface area contributed by atoms with Crippen molar-refractivity contribution in [2.24, 2.45) is 0 Å². The van der Waals surface area contributed by atoms with Gasteiger partial charge in [0.1, 0.15) is 5.82 Å². The van der Waals surface area contributed by atoms with E-state index in [9.17, 15) is 9.18 Å². The minimum Gasteiger partial charge on any atom is -0.481 e. The lowest BCUT2D eigenvalue weighted by molar-refractivity contribution is -0.135. The maximum Gasteiger partial charge on any atom is 0.307 e. The van der Waals surface area contributed by atoms with E-state index in [2.05, 4.69) is 15.9 Å². The summed E-state index contributed by atoms with van der Waals surface area (Å²) in [6.45, 7) is 0. The maximum atomic E-state index is 13.1. The topological polar surface area (TPSA) is 37.3 Å². The highest BCUT2D eigenvalue weighted by Gasteiger charge is 1.98. The second-order valence-electron chi connectivity index (χ2n) is 2.67. The van der Waals surface area contributed by atoms with Gasteiger partial charge in [0.05, 0.1) is 6.42 Å². The Morgan fingerprint density at radius 3 is 2.86 bits per heavy atom. The molecule has 1 rings (SSSR count). The molecule has 0 aromatic heterocycles. The summed E-state index contributed by atoms with van der Waals surface area (Å²) >= 11 is 3.13. The van der Waals surface area contributed by atoms with Crippen molar-refractivity contribution in [3.05, 3.63) is 40.1 Å². The number of hydrogen-bond donors (Lipinski definition) is 1. The van der Waals surface area contributed by atoms with Crippen LogP contribution in [0.2, 0.25) is 0 Å². The Labute approximate surface area is 89.2 Å². The summed E-state index contributed by atoms with van der Waals surface area (Å²) < 4.78 is 13.8. The van der Waals surface area contributed by atoms with Gasteiger partial charge in [0.2, 0.25) is 0 Å². The van der Waals surface area contributed by atoms with E-state index in [0.717, 1.165) is 0 Å². The molecule has 0 radical (unpaired) electrons. The van der Waals surface area contributed by atoms with Crippen LogP contribution in [-0.2, 0) is 4.79 Å². The first-order chi connectivity index (χ1) is 6.59. The van der Waals surface area contributed by atoms with E-state index in [1.54, 1.807) is 12.1 Å². The van der Waals surface area contributed by atoms with Crippen LogP contribution in [0.4, 0.5) is 4.39 Å². The SMILES string of the molecule is O=C(O)CC=Cc1ccc(Br)cc1F. The van der Waals surface area contributed by atoms with E-state index < -0.39 is 5.97 Å². The van der Waals surface area contributed by atoms with Gasteiger partial charge >= 0.3 is 5.97 Å². The zero-order chi connectivity index (χ0) is 10.6. The van der Waals surface area contributed by atoms with Crippen LogP contribution >= 0.6 is 15.9 Å². The van der Waals surface area contributed by atoms with Crippen LogP contribution in [0.1, 0.15) is 12.0 Å². The Bertz CT molecular complexity index is 374. The zero-order valence-electron chi connectivity index (χ0n) is 7.21. The van der Waals surface area contributed by atoms with Gasteiger partial charge < -0.3 is 5.11 Å². The van der Waals surface area contributed by atoms with Crippen molar-refractivity contribution in [3.63, 3.8) is 0 Å². The number of aliphatic carboxylic acids is 1. The number of rotatable bonds is 3. The van der Waals surface area contributed by atoms with Gasteiger partial charge in [-0.15, -0.1) is 0 Å². The van der Waals surface area contributed by atoms with E-state index in [-0.39, 0.29) is 12.2 Å². The molecule has 0 amide bonds. The average molecular weight is 259 g/mol. The van der Waals surface area contributed by atoms with Crippen molar-refractivity contribution in [2.45, 2.75) is 6.42 Å². The smallest absolute Gasteiger partial charge is 0.307 e. The third kappa shape index (κ3) is 3.30. The second-order valence-corrected chi connectivity index (χ2v) is 3.58. The van der Waals surface area contributed by atoms with Crippen molar-refractivity contribution < 1.29 is 14.3 Å². The Kier molecular flexibility index (Phi) is 3.83. The summed E-state index contributed by atoms with van der Waals surface area (Å²) in [7, 11) is 0. The van der Waals surface area contributed by atoms with E-state index in [4.69, 9.17) is 5.11 Å². The van der Waals surface area contributed by atoms with Crippen LogP contribution in [0.15, 0.2) is 28.7 Å². The fourth-order valence-electron chi connectivity index (χ4n) is 0.923. The molecule has 0 atom stereocenters. The lowest BCUT2D eigenvalue weighted by atomic mass is 10.2. The first-order valence-electron chi connectivity index (χ1n) is 3.93. The molecule has 0 heterocycles. The predicted molar refractivity (Wildman–Crippen MR) is 55.4 cm³/mol. The molecule has 74 valence electrons. The lowest BCUT2D eigenvalue weighted by Crippen LogP contribution is -1.90. The second kappa shape index (κ2) is 4.91. The number of carboxylic acid groups (broad SMARTS) is 1. The summed E-state index contributed by atoms with van der Waals surface area (Å²) in [4.78, 5) is 10.2. The first-order valence-corrected chi connectivity index (χ1v) is 4.72. The van der Waals surface area contributed by atoms with Crippen LogP contribution in [-0.4, -0.2) is 11.1 Å². The monoisotopic (exact) mass is 258 g/mol. The molecule has 0 unspecified atom stereocenters. The summed E-state index contributed by atoms with van der Waals surface area (Å²) in [6, 6.07) is 4.61. The van der Waals surface area contributed by atoms with Crippen molar-refractivity contribution in [1.29, 1.82) is 0 Å². The highest BCUT2D eigenvalue weighted by molar-refractivity contribution is 9.10. The van der Waals surface area contributed by atoms with Crippen LogP contribution in [0, 0.1) is 5.82 Å². The Morgan fingerprint density at radius 2 is 2.29 bits per heavy atom. The van der Waals surface area contributed by atoms with Gasteiger partial charge in [-0.1, -0.05) is 34.1 Å². The first kappa shape index (κ1) is 10.9. The van der Waals surface area contributed by atoms with Crippen molar-refractivity contribution in [2.75, 3.05) is 0 Å². The lowest BCUT2D eigenvalue weighted by Gasteiger charge is -1.96. The molecule has 1 N–H and O–H groups in total. The Balaban J connectivity index is 2.76. The minimum absolute atomic E-state index is 0.102. The molecule has 0 bridgehead atoms. The molecule has 2 nitrogen and oxygen atoms in total. The third-order valence-corrected chi connectivity index (χ3v) is 2.05. The fourth-order valence-corrected chi connectivity index (χ4v) is 1.26. The van der Waals surface area contributed by atoms with Crippen molar-refractivity contribution in [3.8, 4) is 0 Å². The Hall–Kier alpha value is -1.16. The molecular formula is C10H8BrFO2. The number of benzene rings is 1. The summed E-state index contributed by atoms with van der Waals surface area (Å²) in [6.07, 6.45) is 2.76. The summed E-state index contributed by atoms with van der Waals surface area (Å²) in [5.74, 6) is -1.31. The molecule has 1 aromatic carbocycles. The maximum absolute atomic E-state index is 13.1. The molecule has 0 aliphatic carbocycles. The minimum atomic E-state index is -0.932. The van der Waals surface area contributed by atoms with E-state index >= 15 is 0 Å². The van der Waals surface area contributed by atoms with Crippen molar-refractivity contribution in [1.82, 2.24) is 0 Å². The number of carboxylic acids is 1. The highest BCUT2D eigenvalue weighted by Crippen LogP contribution is 2.16. The largest absolute Gasteiger partial charge is 0.481 e. The van der Waals surface area contributed by atoms with Gasteiger partial charge in [-0.05, 0) is 12.1 Å². The van der Waals surface area contributed by atoms with E-state index in [1.165, 1.54) is 18.2 Å². The zero-order valence-corrected chi connectivity index (χ0v) is 8.79. The molecule has 4 heteroatoms. The van der Waals surface area contributed by atoms with Gasteiger partial charge in [-0.3, -0.25) is 4.79 Å². The van der Waals surface area contributed by atoms with Gasteiger partial charge in [0.15, 0.2) is 0 Å². The standard InChI is InChI=1S/C10H8BrFO2/c11-8-5-4-7(9(12)6-8)2-1-3-10(13)14/h1-2,4-6H,3H2,(H,13,14). The van der Waals surface area contributed by atoms with Gasteiger partial charge in [-0.25, -0.2) is 4.39 Å². The third-order valence-electron chi connectivity index (χ3n) is 1.55. The number of halogens is 2. The van der Waals surface area contributed by atoms with Crippen LogP contribution in [0.5, 0.6) is 0 Å². The summed E-state index contributed by atoms with van der Waals surface area (Å²) in [5.41, 5.74) is 0.384. The van der Waals surface area contributed by atoms with Gasteiger partial charge in [-0.2, -0.15) is 0 Å². The molecule has 0 saturated heterocycles. The molecular weight excluding hydrogens is 251 g/mol. The molecule has 0 fully saturated rings. The summed E-state index contributed by atoms with van der Waals surface area (Å²) in [5, 5.41) is 8.35. The molecule has 0 saturated carbocycles. The van der Waals surface area contributed by atoms with Gasteiger partial charge in [0, 0.05) is 10.0 Å². The average Bonchev–Trinajstić information content (AvgIpc) is 2.08. The molecule has 0 spiro atoms. The van der Waals surface area contributed by atoms with E-state index in [1.807, 2.05) is 0 Å². The van der Waals surface area contributed by atoms with Crippen LogP contribution in [0.25, 0.3) is 6.08 Å². The number of hydrogen-bond acceptors (Lipinski definition) is 1. The molecule has 0 aliphatic rings. The molecule has 14 heavy (non-hydrogen) atoms. The predicted octanol–water partition coefficient (Wildman–Crippen LogP) is 3.08. The van der Waals surface area contributed by atoms with Crippen LogP contribution in [0.3, 0.4) is 0 Å². The Morgan fingerprint density at radius 1 is 1.57 bits per heavy atom. The van der Waals surface area contributed by atoms with Crippen molar-refractivity contribution >= 4 is 28.0 Å². The quantitative estimate of drug-likeness (QED) is 0.905.